The van der Waals surface area contributed by atoms with Crippen molar-refractivity contribution in [1.29, 1.82) is 0 Å². The van der Waals surface area contributed by atoms with Gasteiger partial charge in [-0.2, -0.15) is 0 Å². The Kier molecular flexibility index (Phi) is 5.67. The van der Waals surface area contributed by atoms with E-state index in [1.54, 1.807) is 0 Å². The summed E-state index contributed by atoms with van der Waals surface area (Å²) in [4.78, 5) is 2.67. The molecule has 12 rings (SSSR count). The molecule has 0 saturated heterocycles. The molecule has 2 nitrogen and oxygen atoms in total. The van der Waals surface area contributed by atoms with E-state index in [1.165, 1.54) is 98.2 Å². The van der Waals surface area contributed by atoms with E-state index in [-0.39, 0.29) is 0 Å². The highest BCUT2D eigenvalue weighted by molar-refractivity contribution is 7.99. The molecule has 2 aliphatic rings. The first-order valence-corrected chi connectivity index (χ1v) is 18.8. The Balaban J connectivity index is 1.18. The highest BCUT2D eigenvalue weighted by atomic mass is 32.2. The first kappa shape index (κ1) is 28.4. The van der Waals surface area contributed by atoms with Gasteiger partial charge >= 0.3 is 0 Å². The smallest absolute Gasteiger partial charge is 0.0735 e. The second-order valence-corrected chi connectivity index (χ2v) is 15.1. The molecule has 0 N–H and O–H groups in total. The summed E-state index contributed by atoms with van der Waals surface area (Å²) in [5.74, 6) is 0. The van der Waals surface area contributed by atoms with Crippen LogP contribution in [0.5, 0.6) is 0 Å². The number of nitrogens with zero attached hydrogens (tertiary/aromatic N) is 2. The number of rotatable bonds is 2. The quantitative estimate of drug-likeness (QED) is 0.177. The Labute approximate surface area is 305 Å². The maximum atomic E-state index is 2.49. The summed E-state index contributed by atoms with van der Waals surface area (Å²) >= 11 is 1.93. The Morgan fingerprint density at radius 3 is 1.69 bits per heavy atom. The average molecular weight is 679 g/mol. The van der Waals surface area contributed by atoms with Gasteiger partial charge in [-0.3, -0.25) is 0 Å². The predicted octanol–water partition coefficient (Wildman–Crippen LogP) is 12.7. The minimum atomic E-state index is -0.403. The Hall–Kier alpha value is -6.29. The van der Waals surface area contributed by atoms with Crippen molar-refractivity contribution in [3.63, 3.8) is 0 Å². The summed E-state index contributed by atoms with van der Waals surface area (Å²) < 4.78 is 4.88. The maximum Gasteiger partial charge on any atom is 0.0735 e. The first-order chi connectivity index (χ1) is 25.8. The molecule has 3 heteroatoms. The minimum absolute atomic E-state index is 0.403. The van der Waals surface area contributed by atoms with Crippen LogP contribution in [0.2, 0.25) is 0 Å². The van der Waals surface area contributed by atoms with Gasteiger partial charge in [-0.25, -0.2) is 0 Å². The molecule has 1 aliphatic heterocycles. The third-order valence-electron chi connectivity index (χ3n) is 11.6. The molecule has 1 aliphatic carbocycles. The molecule has 52 heavy (non-hydrogen) atoms. The van der Waals surface area contributed by atoms with Crippen LogP contribution in [0.15, 0.2) is 192 Å². The van der Waals surface area contributed by atoms with Crippen LogP contribution in [0.4, 0.5) is 0 Å². The van der Waals surface area contributed by atoms with Gasteiger partial charge in [-0.05, 0) is 88.0 Å². The molecule has 2 aromatic heterocycles. The fourth-order valence-electron chi connectivity index (χ4n) is 9.60. The molecule has 0 unspecified atom stereocenters. The molecule has 0 radical (unpaired) electrons. The summed E-state index contributed by atoms with van der Waals surface area (Å²) in [6.07, 6.45) is 0. The fourth-order valence-corrected chi connectivity index (χ4v) is 10.9. The second-order valence-electron chi connectivity index (χ2n) is 14.0. The van der Waals surface area contributed by atoms with Crippen LogP contribution in [-0.2, 0) is 5.41 Å². The lowest BCUT2D eigenvalue weighted by Gasteiger charge is -2.40. The van der Waals surface area contributed by atoms with Gasteiger partial charge in [0.1, 0.15) is 0 Å². The number of para-hydroxylation sites is 3. The topological polar surface area (TPSA) is 9.86 Å². The van der Waals surface area contributed by atoms with E-state index >= 15 is 0 Å². The summed E-state index contributed by atoms with van der Waals surface area (Å²) in [5, 5.41) is 5.11. The van der Waals surface area contributed by atoms with E-state index in [0.717, 1.165) is 0 Å². The van der Waals surface area contributed by atoms with Gasteiger partial charge in [-0.15, -0.1) is 0 Å². The van der Waals surface area contributed by atoms with Gasteiger partial charge in [0.2, 0.25) is 0 Å². The molecule has 1 spiro atoms. The fraction of sp³-hybridized carbons (Fsp3) is 0.0204. The maximum absolute atomic E-state index is 2.49. The van der Waals surface area contributed by atoms with Gasteiger partial charge < -0.3 is 9.13 Å². The summed E-state index contributed by atoms with van der Waals surface area (Å²) in [7, 11) is 0. The zero-order chi connectivity index (χ0) is 34.0. The van der Waals surface area contributed by atoms with Crippen LogP contribution in [0.25, 0.3) is 66.1 Å². The number of fused-ring (bicyclic) bond motifs is 16. The molecule has 0 bridgehead atoms. The van der Waals surface area contributed by atoms with Crippen LogP contribution in [-0.4, -0.2) is 9.13 Å². The van der Waals surface area contributed by atoms with Crippen molar-refractivity contribution < 1.29 is 0 Å². The standard InChI is InChI=1S/C49H30N2S/c1-2-14-31(15-3-1)50-42-23-11-6-18-35(42)37-30-32(26-28-44(37)50)51-43-24-12-7-19-36(43)47-45(51)29-27-41-48(47)52-46-25-13-10-22-40(46)49(41)38-20-8-4-16-33(38)34-17-5-9-21-39(34)49/h1-30H. The van der Waals surface area contributed by atoms with Crippen LogP contribution >= 0.6 is 11.8 Å². The largest absolute Gasteiger partial charge is 0.309 e. The van der Waals surface area contributed by atoms with Crippen molar-refractivity contribution >= 4 is 55.4 Å². The number of aromatic nitrogens is 2. The van der Waals surface area contributed by atoms with Crippen molar-refractivity contribution in [1.82, 2.24) is 9.13 Å². The normalized spacial score (nSPS) is 13.8. The monoisotopic (exact) mass is 678 g/mol. The highest BCUT2D eigenvalue weighted by Gasteiger charge is 2.50. The van der Waals surface area contributed by atoms with E-state index in [4.69, 9.17) is 0 Å². The lowest BCUT2D eigenvalue weighted by atomic mass is 9.67. The van der Waals surface area contributed by atoms with Crippen molar-refractivity contribution in [2.24, 2.45) is 0 Å². The van der Waals surface area contributed by atoms with Crippen molar-refractivity contribution in [2.45, 2.75) is 15.2 Å². The van der Waals surface area contributed by atoms with Crippen LogP contribution in [0.1, 0.15) is 22.3 Å². The van der Waals surface area contributed by atoms with Gasteiger partial charge in [0.25, 0.3) is 0 Å². The second kappa shape index (κ2) is 10.4. The molecule has 0 amide bonds. The lowest BCUT2D eigenvalue weighted by molar-refractivity contribution is 0.726. The Morgan fingerprint density at radius 2 is 0.923 bits per heavy atom. The van der Waals surface area contributed by atoms with Gasteiger partial charge in [0.15, 0.2) is 0 Å². The molecule has 0 atom stereocenters. The van der Waals surface area contributed by atoms with Crippen LogP contribution in [0, 0.1) is 0 Å². The average Bonchev–Trinajstić information content (AvgIpc) is 3.83. The van der Waals surface area contributed by atoms with E-state index in [2.05, 4.69) is 191 Å². The Morgan fingerprint density at radius 1 is 0.365 bits per heavy atom. The molecule has 3 heterocycles. The van der Waals surface area contributed by atoms with E-state index in [9.17, 15) is 0 Å². The van der Waals surface area contributed by atoms with Gasteiger partial charge in [0, 0.05) is 42.7 Å². The zero-order valence-electron chi connectivity index (χ0n) is 28.1. The predicted molar refractivity (Wildman–Crippen MR) is 217 cm³/mol. The van der Waals surface area contributed by atoms with E-state index < -0.39 is 5.41 Å². The number of hydrogen-bond acceptors (Lipinski definition) is 1. The van der Waals surface area contributed by atoms with E-state index in [0.29, 0.717) is 0 Å². The van der Waals surface area contributed by atoms with Crippen LogP contribution < -0.4 is 0 Å². The van der Waals surface area contributed by atoms with Crippen LogP contribution in [0.3, 0.4) is 0 Å². The lowest BCUT2D eigenvalue weighted by Crippen LogP contribution is -2.32. The molecule has 0 fully saturated rings. The van der Waals surface area contributed by atoms with E-state index in [1.807, 2.05) is 11.8 Å². The molecular weight excluding hydrogens is 649 g/mol. The zero-order valence-corrected chi connectivity index (χ0v) is 28.9. The van der Waals surface area contributed by atoms with Gasteiger partial charge in [-0.1, -0.05) is 139 Å². The third-order valence-corrected chi connectivity index (χ3v) is 12.8. The third kappa shape index (κ3) is 3.51. The molecule has 242 valence electrons. The molecule has 0 saturated carbocycles. The minimum Gasteiger partial charge on any atom is -0.309 e. The molecular formula is C49H30N2S. The summed E-state index contributed by atoms with van der Waals surface area (Å²) in [6, 6.07) is 67.5. The molecule has 10 aromatic rings. The summed E-state index contributed by atoms with van der Waals surface area (Å²) in [5.41, 5.74) is 14.9. The number of benzene rings is 8. The SMILES string of the molecule is c1ccc(-n2c3ccccc3c3cc(-n4c5ccccc5c5c6c(ccc54)C4(c5ccccc5S6)c5ccccc5-c5ccccc54)ccc32)cc1. The first-order valence-electron chi connectivity index (χ1n) is 17.9. The summed E-state index contributed by atoms with van der Waals surface area (Å²) in [6.45, 7) is 0. The number of hydrogen-bond donors (Lipinski definition) is 0. The Bertz CT molecular complexity index is 3060. The van der Waals surface area contributed by atoms with Crippen molar-refractivity contribution in [2.75, 3.05) is 0 Å². The highest BCUT2D eigenvalue weighted by Crippen LogP contribution is 2.63. The molecule has 8 aromatic carbocycles. The van der Waals surface area contributed by atoms with Crippen molar-refractivity contribution in [3.05, 3.63) is 204 Å². The van der Waals surface area contributed by atoms with Crippen molar-refractivity contribution in [3.8, 4) is 22.5 Å². The van der Waals surface area contributed by atoms with Gasteiger partial charge in [0.05, 0.1) is 27.5 Å².